The van der Waals surface area contributed by atoms with Crippen molar-refractivity contribution in [2.75, 3.05) is 57.3 Å². The number of hydrogen-bond acceptors (Lipinski definition) is 4. The summed E-state index contributed by atoms with van der Waals surface area (Å²) >= 11 is 0. The first-order chi connectivity index (χ1) is 12.0. The average Bonchev–Trinajstić information content (AvgIpc) is 2.61. The molecule has 0 aromatic heterocycles. The van der Waals surface area contributed by atoms with Gasteiger partial charge in [-0.15, -0.1) is 0 Å². The van der Waals surface area contributed by atoms with E-state index < -0.39 is 0 Å². The number of ether oxygens (including phenoxy) is 1. The van der Waals surface area contributed by atoms with Crippen LogP contribution in [0.5, 0.6) is 5.75 Å². The highest BCUT2D eigenvalue weighted by atomic mass is 16.5. The van der Waals surface area contributed by atoms with E-state index in [2.05, 4.69) is 22.4 Å². The van der Waals surface area contributed by atoms with Crippen LogP contribution in [0.1, 0.15) is 20.8 Å². The normalized spacial score (nSPS) is 15.1. The largest absolute Gasteiger partial charge is 0.492 e. The van der Waals surface area contributed by atoms with Gasteiger partial charge in [0.15, 0.2) is 0 Å². The number of piperazine rings is 1. The summed E-state index contributed by atoms with van der Waals surface area (Å²) < 4.78 is 5.74. The lowest BCUT2D eigenvalue weighted by molar-refractivity contribution is -0.131. The topological polar surface area (TPSA) is 36.0 Å². The SMILES string of the molecule is C=C(C)CN(CC)C(=O)CN1CCN(c2ccccc2OCC)CC1. The van der Waals surface area contributed by atoms with Crippen LogP contribution in [0, 0.1) is 0 Å². The predicted molar refractivity (Wildman–Crippen MR) is 103 cm³/mol. The Morgan fingerprint density at radius 2 is 1.88 bits per heavy atom. The van der Waals surface area contributed by atoms with E-state index in [0.717, 1.165) is 49.7 Å². The monoisotopic (exact) mass is 345 g/mol. The van der Waals surface area contributed by atoms with Crippen molar-refractivity contribution >= 4 is 11.6 Å². The lowest BCUT2D eigenvalue weighted by atomic mass is 10.2. The fourth-order valence-corrected chi connectivity index (χ4v) is 3.14. The molecule has 1 saturated heterocycles. The number of likely N-dealkylation sites (N-methyl/N-ethyl adjacent to an activating group) is 1. The second kappa shape index (κ2) is 9.47. The van der Waals surface area contributed by atoms with Gasteiger partial charge >= 0.3 is 0 Å². The highest BCUT2D eigenvalue weighted by Gasteiger charge is 2.22. The summed E-state index contributed by atoms with van der Waals surface area (Å²) in [7, 11) is 0. The number of rotatable bonds is 8. The van der Waals surface area contributed by atoms with Crippen molar-refractivity contribution in [1.82, 2.24) is 9.80 Å². The Labute approximate surface area is 151 Å². The van der Waals surface area contributed by atoms with E-state index >= 15 is 0 Å². The summed E-state index contributed by atoms with van der Waals surface area (Å²) in [5.41, 5.74) is 2.17. The zero-order chi connectivity index (χ0) is 18.2. The van der Waals surface area contributed by atoms with Gasteiger partial charge in [-0.1, -0.05) is 24.3 Å². The number of amides is 1. The van der Waals surface area contributed by atoms with Crippen molar-refractivity contribution in [2.24, 2.45) is 0 Å². The maximum Gasteiger partial charge on any atom is 0.237 e. The minimum atomic E-state index is 0.189. The second-order valence-electron chi connectivity index (χ2n) is 6.53. The van der Waals surface area contributed by atoms with Gasteiger partial charge in [0.1, 0.15) is 5.75 Å². The van der Waals surface area contributed by atoms with Crippen LogP contribution in [-0.4, -0.2) is 68.1 Å². The van der Waals surface area contributed by atoms with Crippen LogP contribution < -0.4 is 9.64 Å². The van der Waals surface area contributed by atoms with Crippen molar-refractivity contribution in [2.45, 2.75) is 20.8 Å². The van der Waals surface area contributed by atoms with Crippen molar-refractivity contribution in [1.29, 1.82) is 0 Å². The molecule has 0 saturated carbocycles. The number of para-hydroxylation sites is 2. The van der Waals surface area contributed by atoms with Gasteiger partial charge in [0.25, 0.3) is 0 Å². The molecule has 1 aliphatic heterocycles. The molecule has 25 heavy (non-hydrogen) atoms. The number of nitrogens with zero attached hydrogens (tertiary/aromatic N) is 3. The molecule has 5 heteroatoms. The fourth-order valence-electron chi connectivity index (χ4n) is 3.14. The van der Waals surface area contributed by atoms with Crippen LogP contribution in [0.2, 0.25) is 0 Å². The first-order valence-corrected chi connectivity index (χ1v) is 9.16. The number of benzene rings is 1. The smallest absolute Gasteiger partial charge is 0.237 e. The van der Waals surface area contributed by atoms with Gasteiger partial charge in [0.05, 0.1) is 18.8 Å². The third-order valence-electron chi connectivity index (χ3n) is 4.43. The molecule has 2 rings (SSSR count). The van der Waals surface area contributed by atoms with Crippen LogP contribution in [-0.2, 0) is 4.79 Å². The molecule has 1 aliphatic rings. The molecule has 1 aromatic rings. The molecule has 0 unspecified atom stereocenters. The van der Waals surface area contributed by atoms with Crippen molar-refractivity contribution in [3.63, 3.8) is 0 Å². The number of hydrogen-bond donors (Lipinski definition) is 0. The van der Waals surface area contributed by atoms with Gasteiger partial charge in [0.2, 0.25) is 5.91 Å². The van der Waals surface area contributed by atoms with Gasteiger partial charge in [-0.2, -0.15) is 0 Å². The summed E-state index contributed by atoms with van der Waals surface area (Å²) in [5.74, 6) is 1.13. The Morgan fingerprint density at radius 3 is 2.48 bits per heavy atom. The van der Waals surface area contributed by atoms with Crippen LogP contribution in [0.4, 0.5) is 5.69 Å². The van der Waals surface area contributed by atoms with Gasteiger partial charge in [0, 0.05) is 39.3 Å². The Kier molecular flexibility index (Phi) is 7.31. The molecule has 0 spiro atoms. The molecule has 5 nitrogen and oxygen atoms in total. The average molecular weight is 345 g/mol. The standard InChI is InChI=1S/C20H31N3O2/c1-5-22(15-17(3)4)20(24)16-21-11-13-23(14-12-21)18-9-7-8-10-19(18)25-6-2/h7-10H,3,5-6,11-16H2,1-2,4H3. The van der Waals surface area contributed by atoms with Gasteiger partial charge in [-0.3, -0.25) is 9.69 Å². The molecule has 1 amide bonds. The molecule has 0 N–H and O–H groups in total. The van der Waals surface area contributed by atoms with E-state index in [1.54, 1.807) is 0 Å². The minimum absolute atomic E-state index is 0.189. The summed E-state index contributed by atoms with van der Waals surface area (Å²) in [6, 6.07) is 8.18. The van der Waals surface area contributed by atoms with E-state index in [4.69, 9.17) is 4.74 Å². The second-order valence-corrected chi connectivity index (χ2v) is 6.53. The fraction of sp³-hybridized carbons (Fsp3) is 0.550. The maximum atomic E-state index is 12.5. The Bertz CT molecular complexity index is 580. The molecule has 1 heterocycles. The summed E-state index contributed by atoms with van der Waals surface area (Å²) in [6.07, 6.45) is 0. The molecular formula is C20H31N3O2. The predicted octanol–water partition coefficient (Wildman–Crippen LogP) is 2.63. The van der Waals surface area contributed by atoms with Gasteiger partial charge < -0.3 is 14.5 Å². The Balaban J connectivity index is 1.89. The van der Waals surface area contributed by atoms with Crippen LogP contribution in [0.25, 0.3) is 0 Å². The van der Waals surface area contributed by atoms with E-state index in [9.17, 15) is 4.79 Å². The maximum absolute atomic E-state index is 12.5. The first kappa shape index (κ1) is 19.3. The molecule has 0 aliphatic carbocycles. The highest BCUT2D eigenvalue weighted by molar-refractivity contribution is 5.78. The Morgan fingerprint density at radius 1 is 1.20 bits per heavy atom. The molecule has 1 aromatic carbocycles. The molecule has 0 atom stereocenters. The summed E-state index contributed by atoms with van der Waals surface area (Å²) in [5, 5.41) is 0. The lowest BCUT2D eigenvalue weighted by Gasteiger charge is -2.37. The van der Waals surface area contributed by atoms with Gasteiger partial charge in [-0.25, -0.2) is 0 Å². The summed E-state index contributed by atoms with van der Waals surface area (Å²) in [6.45, 7) is 16.0. The number of carbonyl (C=O) groups is 1. The Hall–Kier alpha value is -2.01. The highest BCUT2D eigenvalue weighted by Crippen LogP contribution is 2.28. The third-order valence-corrected chi connectivity index (χ3v) is 4.43. The van der Waals surface area contributed by atoms with Gasteiger partial charge in [-0.05, 0) is 32.9 Å². The van der Waals surface area contributed by atoms with Crippen LogP contribution in [0.3, 0.4) is 0 Å². The minimum Gasteiger partial charge on any atom is -0.492 e. The molecule has 1 fully saturated rings. The quantitative estimate of drug-likeness (QED) is 0.679. The van der Waals surface area contributed by atoms with E-state index in [1.807, 2.05) is 43.9 Å². The van der Waals surface area contributed by atoms with Crippen LogP contribution in [0.15, 0.2) is 36.4 Å². The van der Waals surface area contributed by atoms with Crippen molar-refractivity contribution in [3.8, 4) is 5.75 Å². The van der Waals surface area contributed by atoms with E-state index in [0.29, 0.717) is 19.7 Å². The van der Waals surface area contributed by atoms with Crippen LogP contribution >= 0.6 is 0 Å². The van der Waals surface area contributed by atoms with E-state index in [-0.39, 0.29) is 5.91 Å². The number of carbonyl (C=O) groups excluding carboxylic acids is 1. The zero-order valence-corrected chi connectivity index (χ0v) is 15.8. The zero-order valence-electron chi connectivity index (χ0n) is 15.8. The molecule has 0 bridgehead atoms. The molecular weight excluding hydrogens is 314 g/mol. The molecule has 0 radical (unpaired) electrons. The lowest BCUT2D eigenvalue weighted by Crippen LogP contribution is -2.50. The molecule has 138 valence electrons. The van der Waals surface area contributed by atoms with Crippen molar-refractivity contribution < 1.29 is 9.53 Å². The number of anilines is 1. The van der Waals surface area contributed by atoms with E-state index in [1.165, 1.54) is 0 Å². The third kappa shape index (κ3) is 5.49. The summed E-state index contributed by atoms with van der Waals surface area (Å²) in [4.78, 5) is 18.9. The first-order valence-electron chi connectivity index (χ1n) is 9.16. The van der Waals surface area contributed by atoms with Crippen molar-refractivity contribution in [3.05, 3.63) is 36.4 Å².